The fraction of sp³-hybridized carbons (Fsp3) is 0.294. The minimum Gasteiger partial charge on any atom is -0.494 e. The molecule has 1 heterocycles. The summed E-state index contributed by atoms with van der Waals surface area (Å²) >= 11 is 0. The second-order valence-corrected chi connectivity index (χ2v) is 4.87. The lowest BCUT2D eigenvalue weighted by Gasteiger charge is -2.07. The molecule has 4 nitrogen and oxygen atoms in total. The Labute approximate surface area is 136 Å². The van der Waals surface area contributed by atoms with E-state index in [9.17, 15) is 0 Å². The molecule has 0 aromatic heterocycles. The van der Waals surface area contributed by atoms with Gasteiger partial charge in [-0.15, -0.1) is 12.4 Å². The zero-order valence-corrected chi connectivity index (χ0v) is 13.3. The van der Waals surface area contributed by atoms with Crippen LogP contribution in [-0.2, 0) is 13.1 Å². The van der Waals surface area contributed by atoms with Crippen LogP contribution in [0.25, 0.3) is 0 Å². The van der Waals surface area contributed by atoms with Gasteiger partial charge in [0.1, 0.15) is 5.75 Å². The number of rotatable bonds is 6. The van der Waals surface area contributed by atoms with E-state index in [1.807, 2.05) is 31.2 Å². The van der Waals surface area contributed by atoms with Crippen LogP contribution < -0.4 is 19.5 Å². The molecule has 0 atom stereocenters. The molecular formula is C17H20ClNO3. The van der Waals surface area contributed by atoms with Gasteiger partial charge in [-0.1, -0.05) is 18.2 Å². The highest BCUT2D eigenvalue weighted by atomic mass is 35.5. The van der Waals surface area contributed by atoms with Gasteiger partial charge >= 0.3 is 0 Å². The van der Waals surface area contributed by atoms with Gasteiger partial charge in [0.15, 0.2) is 11.5 Å². The van der Waals surface area contributed by atoms with Gasteiger partial charge in [0, 0.05) is 13.1 Å². The predicted molar refractivity (Wildman–Crippen MR) is 88.0 cm³/mol. The maximum atomic E-state index is 5.43. The Balaban J connectivity index is 0.00000176. The molecule has 5 heteroatoms. The molecule has 0 radical (unpaired) electrons. The van der Waals surface area contributed by atoms with Gasteiger partial charge < -0.3 is 19.5 Å². The van der Waals surface area contributed by atoms with Crippen molar-refractivity contribution in [3.63, 3.8) is 0 Å². The summed E-state index contributed by atoms with van der Waals surface area (Å²) in [5, 5.41) is 3.42. The van der Waals surface area contributed by atoms with E-state index in [1.165, 1.54) is 11.1 Å². The summed E-state index contributed by atoms with van der Waals surface area (Å²) in [7, 11) is 0. The van der Waals surface area contributed by atoms with Crippen molar-refractivity contribution in [2.24, 2.45) is 0 Å². The van der Waals surface area contributed by atoms with E-state index >= 15 is 0 Å². The van der Waals surface area contributed by atoms with Crippen LogP contribution in [0.1, 0.15) is 18.1 Å². The van der Waals surface area contributed by atoms with Crippen molar-refractivity contribution in [2.75, 3.05) is 13.4 Å². The summed E-state index contributed by atoms with van der Waals surface area (Å²) in [6.45, 7) is 4.62. The first kappa shape index (κ1) is 16.5. The molecule has 3 rings (SSSR count). The van der Waals surface area contributed by atoms with E-state index in [0.717, 1.165) is 30.3 Å². The van der Waals surface area contributed by atoms with Crippen molar-refractivity contribution in [1.29, 1.82) is 0 Å². The van der Waals surface area contributed by atoms with Gasteiger partial charge in [0.05, 0.1) is 6.61 Å². The Morgan fingerprint density at radius 2 is 1.64 bits per heavy atom. The zero-order chi connectivity index (χ0) is 14.5. The van der Waals surface area contributed by atoms with Crippen LogP contribution in [0.15, 0.2) is 42.5 Å². The Bertz CT molecular complexity index is 601. The Hall–Kier alpha value is -1.91. The summed E-state index contributed by atoms with van der Waals surface area (Å²) in [6, 6.07) is 14.2. The summed E-state index contributed by atoms with van der Waals surface area (Å²) in [5.74, 6) is 2.57. The monoisotopic (exact) mass is 321 g/mol. The molecule has 0 amide bonds. The highest BCUT2D eigenvalue weighted by Gasteiger charge is 2.12. The third kappa shape index (κ3) is 4.06. The number of halogens is 1. The van der Waals surface area contributed by atoms with E-state index in [1.54, 1.807) is 0 Å². The lowest BCUT2D eigenvalue weighted by molar-refractivity contribution is 0.174. The average molecular weight is 322 g/mol. The molecule has 2 aromatic carbocycles. The first-order chi connectivity index (χ1) is 10.3. The molecule has 0 fully saturated rings. The number of fused-ring (bicyclic) bond motifs is 1. The molecule has 0 unspecified atom stereocenters. The van der Waals surface area contributed by atoms with E-state index in [-0.39, 0.29) is 12.4 Å². The third-order valence-electron chi connectivity index (χ3n) is 3.33. The van der Waals surface area contributed by atoms with E-state index < -0.39 is 0 Å². The number of hydrogen-bond donors (Lipinski definition) is 1. The standard InChI is InChI=1S/C17H19NO3.ClH/c1-2-19-15-6-3-13(4-7-15)10-18-11-14-5-8-16-17(9-14)21-12-20-16;/h3-9,18H,2,10-12H2,1H3;1H. The average Bonchev–Trinajstić information content (AvgIpc) is 2.97. The van der Waals surface area contributed by atoms with Crippen molar-refractivity contribution in [2.45, 2.75) is 20.0 Å². The summed E-state index contributed by atoms with van der Waals surface area (Å²) in [5.41, 5.74) is 2.42. The lowest BCUT2D eigenvalue weighted by Crippen LogP contribution is -2.12. The van der Waals surface area contributed by atoms with Crippen LogP contribution in [0.2, 0.25) is 0 Å². The Morgan fingerprint density at radius 1 is 0.955 bits per heavy atom. The minimum atomic E-state index is 0. The number of nitrogens with one attached hydrogen (secondary N) is 1. The van der Waals surface area contributed by atoms with Crippen LogP contribution in [0.4, 0.5) is 0 Å². The third-order valence-corrected chi connectivity index (χ3v) is 3.33. The molecule has 118 valence electrons. The van der Waals surface area contributed by atoms with Crippen molar-refractivity contribution < 1.29 is 14.2 Å². The fourth-order valence-corrected chi connectivity index (χ4v) is 2.27. The molecule has 22 heavy (non-hydrogen) atoms. The van der Waals surface area contributed by atoms with Crippen LogP contribution >= 0.6 is 12.4 Å². The smallest absolute Gasteiger partial charge is 0.231 e. The van der Waals surface area contributed by atoms with Crippen molar-refractivity contribution in [3.05, 3.63) is 53.6 Å². The molecule has 1 N–H and O–H groups in total. The van der Waals surface area contributed by atoms with Gasteiger partial charge in [-0.3, -0.25) is 0 Å². The second kappa shape index (κ2) is 7.92. The summed E-state index contributed by atoms with van der Waals surface area (Å²) in [4.78, 5) is 0. The first-order valence-corrected chi connectivity index (χ1v) is 7.16. The van der Waals surface area contributed by atoms with Crippen LogP contribution in [0.3, 0.4) is 0 Å². The topological polar surface area (TPSA) is 39.7 Å². The quantitative estimate of drug-likeness (QED) is 0.883. The fourth-order valence-electron chi connectivity index (χ4n) is 2.27. The van der Waals surface area contributed by atoms with Gasteiger partial charge in [0.25, 0.3) is 0 Å². The first-order valence-electron chi connectivity index (χ1n) is 7.16. The molecule has 0 saturated carbocycles. The van der Waals surface area contributed by atoms with Crippen LogP contribution in [-0.4, -0.2) is 13.4 Å². The molecule has 1 aliphatic rings. The maximum Gasteiger partial charge on any atom is 0.231 e. The molecule has 1 aliphatic heterocycles. The lowest BCUT2D eigenvalue weighted by atomic mass is 10.2. The van der Waals surface area contributed by atoms with Gasteiger partial charge in [-0.25, -0.2) is 0 Å². The predicted octanol–water partition coefficient (Wildman–Crippen LogP) is 3.53. The number of benzene rings is 2. The SMILES string of the molecule is CCOc1ccc(CNCc2ccc3c(c2)OCO3)cc1.Cl. The summed E-state index contributed by atoms with van der Waals surface area (Å²) in [6.07, 6.45) is 0. The highest BCUT2D eigenvalue weighted by Crippen LogP contribution is 2.32. The molecular weight excluding hydrogens is 302 g/mol. The van der Waals surface area contributed by atoms with Gasteiger partial charge in [-0.05, 0) is 42.3 Å². The largest absolute Gasteiger partial charge is 0.494 e. The van der Waals surface area contributed by atoms with E-state index in [2.05, 4.69) is 23.5 Å². The molecule has 0 saturated heterocycles. The molecule has 0 bridgehead atoms. The van der Waals surface area contributed by atoms with Crippen LogP contribution in [0, 0.1) is 0 Å². The highest BCUT2D eigenvalue weighted by molar-refractivity contribution is 5.85. The molecule has 2 aromatic rings. The van der Waals surface area contributed by atoms with E-state index in [0.29, 0.717) is 13.4 Å². The summed E-state index contributed by atoms with van der Waals surface area (Å²) < 4.78 is 16.1. The molecule has 0 spiro atoms. The zero-order valence-electron chi connectivity index (χ0n) is 12.5. The number of hydrogen-bond acceptors (Lipinski definition) is 4. The normalized spacial score (nSPS) is 11.9. The molecule has 0 aliphatic carbocycles. The number of ether oxygens (including phenoxy) is 3. The minimum absolute atomic E-state index is 0. The Morgan fingerprint density at radius 3 is 2.41 bits per heavy atom. The van der Waals surface area contributed by atoms with Crippen LogP contribution in [0.5, 0.6) is 17.2 Å². The second-order valence-electron chi connectivity index (χ2n) is 4.87. The van der Waals surface area contributed by atoms with Crippen molar-refractivity contribution in [1.82, 2.24) is 5.32 Å². The van der Waals surface area contributed by atoms with Crippen molar-refractivity contribution in [3.8, 4) is 17.2 Å². The Kier molecular flexibility index (Phi) is 5.92. The van der Waals surface area contributed by atoms with Gasteiger partial charge in [0.2, 0.25) is 6.79 Å². The van der Waals surface area contributed by atoms with E-state index in [4.69, 9.17) is 14.2 Å². The van der Waals surface area contributed by atoms with Gasteiger partial charge in [-0.2, -0.15) is 0 Å². The maximum absolute atomic E-state index is 5.43. The van der Waals surface area contributed by atoms with Crippen molar-refractivity contribution >= 4 is 12.4 Å².